The summed E-state index contributed by atoms with van der Waals surface area (Å²) >= 11 is 0. The molecule has 0 rings (SSSR count). The van der Waals surface area contributed by atoms with Gasteiger partial charge in [-0.2, -0.15) is 4.39 Å². The normalized spacial score (nSPS) is 14.4. The summed E-state index contributed by atoms with van der Waals surface area (Å²) in [7, 11) is 0. The lowest BCUT2D eigenvalue weighted by atomic mass is 9.98. The van der Waals surface area contributed by atoms with Gasteiger partial charge in [-0.05, 0) is 36.5 Å². The average molecular weight is 495 g/mol. The number of unbranched alkanes of at least 4 members (excludes halogenated alkanes) is 1. The van der Waals surface area contributed by atoms with Crippen LogP contribution in [0, 0.1) is 5.92 Å². The molecule has 0 amide bonds. The van der Waals surface area contributed by atoms with Gasteiger partial charge in [-0.25, -0.2) is 13.2 Å². The lowest BCUT2D eigenvalue weighted by molar-refractivity contribution is -0.0917. The quantitative estimate of drug-likeness (QED) is 0.0554. The van der Waals surface area contributed by atoms with Crippen LogP contribution in [0.5, 0.6) is 0 Å². The summed E-state index contributed by atoms with van der Waals surface area (Å²) < 4.78 is 67.8. The standard InChI is InChI=1S/C28H34F4O3/c1-10-11-12-15-34-23(8)28(32)27(31)21(6)18(3)14-13-17(2)20(5)25(29)26(30)22(7)19(4)16-35-24(9)33/h10,13-14,19,24,33H,1-3,5-8,11-12,15-16H2,4,9H3/b14-13-,26-25-,28-27-. The van der Waals surface area contributed by atoms with Crippen molar-refractivity contribution in [3.63, 3.8) is 0 Å². The zero-order valence-electron chi connectivity index (χ0n) is 20.4. The Bertz CT molecular complexity index is 965. The van der Waals surface area contributed by atoms with Crippen molar-refractivity contribution in [2.24, 2.45) is 5.92 Å². The first-order valence-corrected chi connectivity index (χ1v) is 10.7. The summed E-state index contributed by atoms with van der Waals surface area (Å²) in [6.07, 6.45) is 4.22. The Morgan fingerprint density at radius 3 is 1.77 bits per heavy atom. The van der Waals surface area contributed by atoms with Gasteiger partial charge < -0.3 is 14.6 Å². The van der Waals surface area contributed by atoms with Crippen molar-refractivity contribution in [2.45, 2.75) is 33.0 Å². The Labute approximate surface area is 205 Å². The van der Waals surface area contributed by atoms with Gasteiger partial charge in [0.2, 0.25) is 5.83 Å². The highest BCUT2D eigenvalue weighted by molar-refractivity contribution is 5.54. The van der Waals surface area contributed by atoms with E-state index in [9.17, 15) is 17.6 Å². The zero-order valence-corrected chi connectivity index (χ0v) is 20.4. The SMILES string of the molecule is C=CCCCOC(=C)/C(F)=C(/F)C(=C)C(=C)/C=C\C(=C)C(=C)/C(F)=C(/F)C(=C)C(C)COC(C)O. The maximum atomic E-state index is 14.6. The van der Waals surface area contributed by atoms with Crippen LogP contribution in [0.2, 0.25) is 0 Å². The van der Waals surface area contributed by atoms with Crippen LogP contribution in [-0.2, 0) is 9.47 Å². The van der Waals surface area contributed by atoms with E-state index in [2.05, 4.69) is 46.1 Å². The first-order chi connectivity index (χ1) is 16.3. The minimum absolute atomic E-state index is 0.0490. The van der Waals surface area contributed by atoms with Crippen LogP contribution in [-0.4, -0.2) is 24.6 Å². The molecule has 3 nitrogen and oxygen atoms in total. The van der Waals surface area contributed by atoms with E-state index in [4.69, 9.17) is 14.6 Å². The van der Waals surface area contributed by atoms with Gasteiger partial charge in [0.05, 0.1) is 13.2 Å². The van der Waals surface area contributed by atoms with Crippen molar-refractivity contribution in [3.8, 4) is 0 Å². The average Bonchev–Trinajstić information content (AvgIpc) is 2.84. The third kappa shape index (κ3) is 10.8. The summed E-state index contributed by atoms with van der Waals surface area (Å²) in [4.78, 5) is 0. The minimum atomic E-state index is -1.32. The van der Waals surface area contributed by atoms with E-state index in [1.54, 1.807) is 13.0 Å². The molecule has 2 unspecified atom stereocenters. The number of hydrogen-bond acceptors (Lipinski definition) is 3. The highest BCUT2D eigenvalue weighted by Gasteiger charge is 2.20. The van der Waals surface area contributed by atoms with Crippen LogP contribution in [0.25, 0.3) is 0 Å². The van der Waals surface area contributed by atoms with Gasteiger partial charge in [-0.1, -0.05) is 64.6 Å². The van der Waals surface area contributed by atoms with Crippen molar-refractivity contribution in [2.75, 3.05) is 13.2 Å². The van der Waals surface area contributed by atoms with Crippen LogP contribution in [0.15, 0.2) is 121 Å². The van der Waals surface area contributed by atoms with Crippen molar-refractivity contribution < 1.29 is 32.1 Å². The molecule has 0 aromatic carbocycles. The van der Waals surface area contributed by atoms with Crippen molar-refractivity contribution in [1.82, 2.24) is 0 Å². The molecule has 0 radical (unpaired) electrons. The number of ether oxygens (including phenoxy) is 2. The van der Waals surface area contributed by atoms with Gasteiger partial charge in [0, 0.05) is 17.1 Å². The van der Waals surface area contributed by atoms with Crippen LogP contribution < -0.4 is 0 Å². The topological polar surface area (TPSA) is 38.7 Å². The Kier molecular flexibility index (Phi) is 14.3. The highest BCUT2D eigenvalue weighted by atomic mass is 19.2. The minimum Gasteiger partial charge on any atom is -0.491 e. The summed E-state index contributed by atoms with van der Waals surface area (Å²) in [6.45, 7) is 27.5. The van der Waals surface area contributed by atoms with Gasteiger partial charge in [0.15, 0.2) is 29.5 Å². The Hall–Kier alpha value is -3.16. The second-order valence-electron chi connectivity index (χ2n) is 7.66. The number of allylic oxidation sites excluding steroid dienone is 11. The Morgan fingerprint density at radius 2 is 1.31 bits per heavy atom. The first-order valence-electron chi connectivity index (χ1n) is 10.7. The largest absolute Gasteiger partial charge is 0.491 e. The molecule has 2 atom stereocenters. The Balaban J connectivity index is 5.28. The number of rotatable bonds is 17. The maximum Gasteiger partial charge on any atom is 0.200 e. The van der Waals surface area contributed by atoms with Crippen LogP contribution in [0.1, 0.15) is 26.7 Å². The van der Waals surface area contributed by atoms with Gasteiger partial charge in [-0.3, -0.25) is 0 Å². The van der Waals surface area contributed by atoms with E-state index in [1.165, 1.54) is 19.1 Å². The van der Waals surface area contributed by atoms with Crippen LogP contribution >= 0.6 is 0 Å². The fraction of sp³-hybridized carbons (Fsp3) is 0.286. The number of aliphatic hydroxyl groups is 1. The van der Waals surface area contributed by atoms with Gasteiger partial charge in [0.25, 0.3) is 0 Å². The zero-order chi connectivity index (χ0) is 27.3. The van der Waals surface area contributed by atoms with E-state index in [0.717, 1.165) is 0 Å². The van der Waals surface area contributed by atoms with E-state index >= 15 is 0 Å². The molecule has 35 heavy (non-hydrogen) atoms. The van der Waals surface area contributed by atoms with E-state index in [-0.39, 0.29) is 35.5 Å². The van der Waals surface area contributed by atoms with Crippen LogP contribution in [0.3, 0.4) is 0 Å². The van der Waals surface area contributed by atoms with Gasteiger partial charge in [-0.15, -0.1) is 6.58 Å². The molecule has 0 aliphatic rings. The monoisotopic (exact) mass is 494 g/mol. The fourth-order valence-corrected chi connectivity index (χ4v) is 2.30. The molecular weight excluding hydrogens is 460 g/mol. The van der Waals surface area contributed by atoms with Crippen LogP contribution in [0.4, 0.5) is 17.6 Å². The van der Waals surface area contributed by atoms with Crippen molar-refractivity contribution >= 4 is 0 Å². The predicted octanol–water partition coefficient (Wildman–Crippen LogP) is 8.11. The van der Waals surface area contributed by atoms with Gasteiger partial charge in [0.1, 0.15) is 0 Å². The molecule has 0 bridgehead atoms. The number of halogens is 4. The summed E-state index contributed by atoms with van der Waals surface area (Å²) in [5.74, 6) is -6.29. The number of hydrogen-bond donors (Lipinski definition) is 1. The summed E-state index contributed by atoms with van der Waals surface area (Å²) in [6, 6.07) is 0. The molecule has 0 aromatic rings. The molecule has 0 aromatic heterocycles. The smallest absolute Gasteiger partial charge is 0.200 e. The second kappa shape index (κ2) is 15.7. The molecule has 0 saturated carbocycles. The molecule has 0 aliphatic carbocycles. The molecule has 0 spiro atoms. The molecule has 0 heterocycles. The highest BCUT2D eigenvalue weighted by Crippen LogP contribution is 2.31. The molecule has 1 N–H and O–H groups in total. The summed E-state index contributed by atoms with van der Waals surface area (Å²) in [5.41, 5.74) is -1.06. The second-order valence-corrected chi connectivity index (χ2v) is 7.66. The Morgan fingerprint density at radius 1 is 0.829 bits per heavy atom. The van der Waals surface area contributed by atoms with Crippen molar-refractivity contribution in [1.29, 1.82) is 0 Å². The molecule has 0 fully saturated rings. The third-order valence-corrected chi connectivity index (χ3v) is 4.71. The molecule has 0 aliphatic heterocycles. The lowest BCUT2D eigenvalue weighted by Gasteiger charge is -2.16. The van der Waals surface area contributed by atoms with E-state index in [1.807, 2.05) is 0 Å². The molecule has 192 valence electrons. The lowest BCUT2D eigenvalue weighted by Crippen LogP contribution is -2.15. The maximum absolute atomic E-state index is 14.6. The van der Waals surface area contributed by atoms with E-state index < -0.39 is 46.8 Å². The van der Waals surface area contributed by atoms with E-state index in [0.29, 0.717) is 12.8 Å². The molecule has 0 saturated heterocycles. The molecular formula is C28H34F4O3. The van der Waals surface area contributed by atoms with Gasteiger partial charge >= 0.3 is 0 Å². The van der Waals surface area contributed by atoms with Crippen molar-refractivity contribution in [3.05, 3.63) is 121 Å². The fourth-order valence-electron chi connectivity index (χ4n) is 2.30. The molecule has 7 heteroatoms. The third-order valence-electron chi connectivity index (χ3n) is 4.71. The summed E-state index contributed by atoms with van der Waals surface area (Å²) in [5, 5.41) is 9.14. The number of aliphatic hydroxyl groups excluding tert-OH is 1. The predicted molar refractivity (Wildman–Crippen MR) is 135 cm³/mol. The first kappa shape index (κ1) is 31.8.